The molecule has 10 heteroatoms. The quantitative estimate of drug-likeness (QED) is 0.384. The summed E-state index contributed by atoms with van der Waals surface area (Å²) in [6.45, 7) is 2.40. The van der Waals surface area contributed by atoms with Gasteiger partial charge < -0.3 is 20.6 Å². The molecular formula is C21H24N4O4S2. The Morgan fingerprint density at radius 3 is 2.19 bits per heavy atom. The highest BCUT2D eigenvalue weighted by Crippen LogP contribution is 2.20. The van der Waals surface area contributed by atoms with Gasteiger partial charge in [-0.2, -0.15) is 0 Å². The number of phenols is 1. The van der Waals surface area contributed by atoms with E-state index < -0.39 is 11.0 Å². The average Bonchev–Trinajstić information content (AvgIpc) is 2.78. The SMILES string of the molecule is NC(Cc1ccc(O)cc1)C(=O)N1CCN(C(=S)SCc2ccc([N+](=O)[O-])cc2)CC1. The Morgan fingerprint density at radius 1 is 1.06 bits per heavy atom. The normalized spacial score (nSPS) is 14.9. The molecule has 1 heterocycles. The summed E-state index contributed by atoms with van der Waals surface area (Å²) in [6.07, 6.45) is 0.419. The second-order valence-electron chi connectivity index (χ2n) is 7.27. The number of carbonyl (C=O) groups excluding carboxylic acids is 1. The smallest absolute Gasteiger partial charge is 0.269 e. The van der Waals surface area contributed by atoms with Gasteiger partial charge in [0.25, 0.3) is 5.69 Å². The number of nitro benzene ring substituents is 1. The number of aromatic hydroxyl groups is 1. The third-order valence-corrected chi connectivity index (χ3v) is 6.66. The van der Waals surface area contributed by atoms with Crippen molar-refractivity contribution in [3.05, 3.63) is 69.8 Å². The number of hydrogen-bond acceptors (Lipinski definition) is 7. The Kier molecular flexibility index (Phi) is 7.83. The van der Waals surface area contributed by atoms with Crippen molar-refractivity contribution in [2.24, 2.45) is 5.73 Å². The van der Waals surface area contributed by atoms with Crippen LogP contribution in [-0.2, 0) is 17.0 Å². The highest BCUT2D eigenvalue weighted by Gasteiger charge is 2.26. The molecule has 1 aliphatic heterocycles. The van der Waals surface area contributed by atoms with E-state index in [0.717, 1.165) is 15.4 Å². The summed E-state index contributed by atoms with van der Waals surface area (Å²) < 4.78 is 0.749. The number of benzene rings is 2. The zero-order valence-electron chi connectivity index (χ0n) is 16.8. The predicted octanol–water partition coefficient (Wildman–Crippen LogP) is 2.53. The van der Waals surface area contributed by atoms with Crippen LogP contribution < -0.4 is 5.73 Å². The summed E-state index contributed by atoms with van der Waals surface area (Å²) in [5.74, 6) is 0.729. The van der Waals surface area contributed by atoms with Gasteiger partial charge in [-0.25, -0.2) is 0 Å². The van der Waals surface area contributed by atoms with Gasteiger partial charge in [0, 0.05) is 44.1 Å². The highest BCUT2D eigenvalue weighted by atomic mass is 32.2. The van der Waals surface area contributed by atoms with E-state index >= 15 is 0 Å². The molecule has 2 aromatic carbocycles. The van der Waals surface area contributed by atoms with Crippen LogP contribution in [0.4, 0.5) is 5.69 Å². The molecule has 31 heavy (non-hydrogen) atoms. The van der Waals surface area contributed by atoms with Crippen molar-refractivity contribution in [2.45, 2.75) is 18.2 Å². The number of nitrogens with zero attached hydrogens (tertiary/aromatic N) is 3. The number of hydrogen-bond donors (Lipinski definition) is 2. The van der Waals surface area contributed by atoms with Crippen LogP contribution in [0.2, 0.25) is 0 Å². The van der Waals surface area contributed by atoms with Gasteiger partial charge in [-0.05, 0) is 29.7 Å². The summed E-state index contributed by atoms with van der Waals surface area (Å²) >= 11 is 7.03. The fourth-order valence-electron chi connectivity index (χ4n) is 3.27. The first-order chi connectivity index (χ1) is 14.8. The molecule has 0 spiro atoms. The standard InChI is InChI=1S/C21H24N4O4S2/c22-19(13-15-3-7-18(26)8-4-15)20(27)23-9-11-24(12-10-23)21(30)31-14-16-1-5-17(6-2-16)25(28)29/h1-8,19,26H,9-14,22H2. The maximum Gasteiger partial charge on any atom is 0.269 e. The van der Waals surface area contributed by atoms with Crippen LogP contribution in [0.3, 0.4) is 0 Å². The van der Waals surface area contributed by atoms with Gasteiger partial charge in [0.05, 0.1) is 11.0 Å². The molecule has 1 atom stereocenters. The fraction of sp³-hybridized carbons (Fsp3) is 0.333. The molecule has 164 valence electrons. The molecule has 8 nitrogen and oxygen atoms in total. The molecule has 1 amide bonds. The average molecular weight is 461 g/mol. The maximum absolute atomic E-state index is 12.7. The number of nitro groups is 1. The summed E-state index contributed by atoms with van der Waals surface area (Å²) in [5.41, 5.74) is 8.05. The zero-order valence-corrected chi connectivity index (χ0v) is 18.5. The third-order valence-electron chi connectivity index (χ3n) is 5.07. The van der Waals surface area contributed by atoms with Crippen molar-refractivity contribution in [3.63, 3.8) is 0 Å². The highest BCUT2D eigenvalue weighted by molar-refractivity contribution is 8.22. The molecule has 1 fully saturated rings. The van der Waals surface area contributed by atoms with Gasteiger partial charge in [-0.15, -0.1) is 0 Å². The minimum absolute atomic E-state index is 0.0701. The van der Waals surface area contributed by atoms with Crippen LogP contribution in [0.5, 0.6) is 5.75 Å². The van der Waals surface area contributed by atoms with E-state index in [1.165, 1.54) is 23.9 Å². The molecule has 0 bridgehead atoms. The zero-order chi connectivity index (χ0) is 22.4. The second-order valence-corrected chi connectivity index (χ2v) is 8.88. The van der Waals surface area contributed by atoms with E-state index in [0.29, 0.717) is 38.4 Å². The third kappa shape index (κ3) is 6.39. The topological polar surface area (TPSA) is 113 Å². The Bertz CT molecular complexity index is 929. The van der Waals surface area contributed by atoms with Crippen molar-refractivity contribution >= 4 is 39.9 Å². The summed E-state index contributed by atoms with van der Waals surface area (Å²) in [6, 6.07) is 12.5. The number of non-ortho nitro benzene ring substituents is 1. The molecule has 2 aromatic rings. The first-order valence-corrected chi connectivity index (χ1v) is 11.2. The molecule has 1 saturated heterocycles. The van der Waals surface area contributed by atoms with Crippen molar-refractivity contribution < 1.29 is 14.8 Å². The van der Waals surface area contributed by atoms with E-state index in [1.807, 2.05) is 0 Å². The predicted molar refractivity (Wildman–Crippen MR) is 125 cm³/mol. The molecule has 0 aromatic heterocycles. The van der Waals surface area contributed by atoms with Gasteiger partial charge in [0.2, 0.25) is 5.91 Å². The fourth-order valence-corrected chi connectivity index (χ4v) is 4.47. The minimum Gasteiger partial charge on any atom is -0.508 e. The van der Waals surface area contributed by atoms with Crippen LogP contribution in [0.25, 0.3) is 0 Å². The number of amides is 1. The van der Waals surface area contributed by atoms with E-state index in [9.17, 15) is 20.0 Å². The number of carbonyl (C=O) groups is 1. The first-order valence-electron chi connectivity index (χ1n) is 9.81. The van der Waals surface area contributed by atoms with E-state index in [1.54, 1.807) is 41.3 Å². The van der Waals surface area contributed by atoms with E-state index in [2.05, 4.69) is 4.90 Å². The molecule has 1 unspecified atom stereocenters. The second kappa shape index (κ2) is 10.6. The van der Waals surface area contributed by atoms with Crippen LogP contribution in [0, 0.1) is 10.1 Å². The number of rotatable bonds is 6. The number of phenolic OH excluding ortho intramolecular Hbond substituents is 1. The largest absolute Gasteiger partial charge is 0.508 e. The molecule has 0 saturated carbocycles. The van der Waals surface area contributed by atoms with Crippen molar-refractivity contribution in [2.75, 3.05) is 26.2 Å². The molecule has 0 radical (unpaired) electrons. The lowest BCUT2D eigenvalue weighted by atomic mass is 10.1. The molecule has 0 aliphatic carbocycles. The van der Waals surface area contributed by atoms with Crippen LogP contribution in [0.15, 0.2) is 48.5 Å². The van der Waals surface area contributed by atoms with Crippen LogP contribution in [0.1, 0.15) is 11.1 Å². The number of nitrogens with two attached hydrogens (primary N) is 1. The molecular weight excluding hydrogens is 436 g/mol. The molecule has 1 aliphatic rings. The van der Waals surface area contributed by atoms with Crippen LogP contribution in [-0.4, -0.2) is 62.3 Å². The first kappa shape index (κ1) is 23.0. The number of thioether (sulfide) groups is 1. The van der Waals surface area contributed by atoms with Gasteiger partial charge >= 0.3 is 0 Å². The monoisotopic (exact) mass is 460 g/mol. The van der Waals surface area contributed by atoms with E-state index in [4.69, 9.17) is 18.0 Å². The minimum atomic E-state index is -0.625. The summed E-state index contributed by atoms with van der Waals surface area (Å²) in [4.78, 5) is 26.8. The van der Waals surface area contributed by atoms with Gasteiger partial charge in [-0.1, -0.05) is 48.2 Å². The lowest BCUT2D eigenvalue weighted by molar-refractivity contribution is -0.384. The number of thiocarbonyl (C=S) groups is 1. The Balaban J connectivity index is 1.43. The number of piperazine rings is 1. The van der Waals surface area contributed by atoms with Crippen molar-refractivity contribution in [3.8, 4) is 5.75 Å². The Morgan fingerprint density at radius 2 is 1.61 bits per heavy atom. The van der Waals surface area contributed by atoms with Gasteiger partial charge in [0.1, 0.15) is 10.1 Å². The maximum atomic E-state index is 12.7. The summed E-state index contributed by atoms with van der Waals surface area (Å²) in [5, 5.41) is 20.1. The lowest BCUT2D eigenvalue weighted by Crippen LogP contribution is -2.54. The van der Waals surface area contributed by atoms with Crippen LogP contribution >= 0.6 is 24.0 Å². The van der Waals surface area contributed by atoms with Crippen molar-refractivity contribution in [1.82, 2.24) is 9.80 Å². The summed E-state index contributed by atoms with van der Waals surface area (Å²) in [7, 11) is 0. The van der Waals surface area contributed by atoms with E-state index in [-0.39, 0.29) is 17.3 Å². The molecule has 3 rings (SSSR count). The van der Waals surface area contributed by atoms with Crippen molar-refractivity contribution in [1.29, 1.82) is 0 Å². The Labute approximate surface area is 190 Å². The molecule has 3 N–H and O–H groups in total. The van der Waals surface area contributed by atoms with Gasteiger partial charge in [-0.3, -0.25) is 14.9 Å². The van der Waals surface area contributed by atoms with Gasteiger partial charge in [0.15, 0.2) is 0 Å². The lowest BCUT2D eigenvalue weighted by Gasteiger charge is -2.37. The Hall–Kier alpha value is -2.69.